The highest BCUT2D eigenvalue weighted by molar-refractivity contribution is 5.99. The molecule has 1 aliphatic carbocycles. The third kappa shape index (κ3) is 4.08. The Balaban J connectivity index is 1.56. The maximum absolute atomic E-state index is 13.4. The van der Waals surface area contributed by atoms with E-state index in [1.807, 2.05) is 0 Å². The van der Waals surface area contributed by atoms with E-state index in [0.29, 0.717) is 16.9 Å². The number of hydrogen-bond acceptors (Lipinski definition) is 6. The van der Waals surface area contributed by atoms with Gasteiger partial charge in [0, 0.05) is 18.0 Å². The lowest BCUT2D eigenvalue weighted by Crippen LogP contribution is -2.26. The van der Waals surface area contributed by atoms with Crippen LogP contribution in [-0.4, -0.2) is 25.3 Å². The maximum atomic E-state index is 13.4. The Morgan fingerprint density at radius 2 is 1.97 bits per heavy atom. The van der Waals surface area contributed by atoms with Crippen molar-refractivity contribution in [2.24, 2.45) is 5.92 Å². The number of methoxy groups -OCH3 is 1. The molecule has 2 aromatic rings. The molecular weight excluding hydrogens is 386 g/mol. The molecule has 0 spiro atoms. The van der Waals surface area contributed by atoms with Crippen molar-refractivity contribution in [3.05, 3.63) is 47.5 Å². The van der Waals surface area contributed by atoms with E-state index in [1.54, 1.807) is 24.3 Å². The number of nitrogens with one attached hydrogen (secondary N) is 2. The van der Waals surface area contributed by atoms with Gasteiger partial charge in [0.05, 0.1) is 24.0 Å². The van der Waals surface area contributed by atoms with E-state index in [4.69, 9.17) is 4.74 Å². The fourth-order valence-corrected chi connectivity index (χ4v) is 2.98. The van der Waals surface area contributed by atoms with Crippen molar-refractivity contribution in [1.82, 2.24) is 0 Å². The van der Waals surface area contributed by atoms with Crippen molar-refractivity contribution < 1.29 is 32.6 Å². The van der Waals surface area contributed by atoms with Gasteiger partial charge in [-0.1, -0.05) is 12.1 Å². The number of ether oxygens (including phenoxy) is 3. The molecule has 1 aliphatic heterocycles. The van der Waals surface area contributed by atoms with E-state index < -0.39 is 12.3 Å². The van der Waals surface area contributed by atoms with Crippen LogP contribution in [0, 0.1) is 5.92 Å². The summed E-state index contributed by atoms with van der Waals surface area (Å²) < 4.78 is 40.5. The summed E-state index contributed by atoms with van der Waals surface area (Å²) in [6.07, 6.45) is -2.05. The third-order valence-electron chi connectivity index (χ3n) is 4.63. The minimum atomic E-state index is -3.70. The minimum Gasteiger partial charge on any atom is -0.465 e. The maximum Gasteiger partial charge on any atom is 0.586 e. The second-order valence-electron chi connectivity index (χ2n) is 6.78. The first-order chi connectivity index (χ1) is 13.9. The predicted octanol–water partition coefficient (Wildman–Crippen LogP) is 3.76. The van der Waals surface area contributed by atoms with Crippen molar-refractivity contribution >= 4 is 23.3 Å². The van der Waals surface area contributed by atoms with E-state index in [0.717, 1.165) is 12.8 Å². The molecular formula is C20H18F2N2O5. The Morgan fingerprint density at radius 3 is 2.69 bits per heavy atom. The number of amides is 1. The van der Waals surface area contributed by atoms with Crippen LogP contribution in [0.15, 0.2) is 36.4 Å². The fourth-order valence-electron chi connectivity index (χ4n) is 2.98. The number of rotatable bonds is 6. The molecule has 7 nitrogen and oxygen atoms in total. The third-order valence-corrected chi connectivity index (χ3v) is 4.63. The van der Waals surface area contributed by atoms with Gasteiger partial charge in [-0.05, 0) is 37.1 Å². The van der Waals surface area contributed by atoms with Gasteiger partial charge in [0.1, 0.15) is 0 Å². The molecule has 0 atom stereocenters. The van der Waals surface area contributed by atoms with Gasteiger partial charge in [-0.15, -0.1) is 8.78 Å². The van der Waals surface area contributed by atoms with Crippen molar-refractivity contribution in [1.29, 1.82) is 0 Å². The Morgan fingerprint density at radius 1 is 1.17 bits per heavy atom. The Bertz CT molecular complexity index is 975. The van der Waals surface area contributed by atoms with Crippen LogP contribution in [0.4, 0.5) is 20.2 Å². The zero-order valence-corrected chi connectivity index (χ0v) is 15.5. The van der Waals surface area contributed by atoms with Crippen LogP contribution < -0.4 is 20.1 Å². The first-order valence-corrected chi connectivity index (χ1v) is 9.01. The number of hydrogen-bond donors (Lipinski definition) is 2. The summed E-state index contributed by atoms with van der Waals surface area (Å²) in [6, 6.07) is 9.27. The molecule has 1 fully saturated rings. The smallest absolute Gasteiger partial charge is 0.465 e. The molecule has 29 heavy (non-hydrogen) atoms. The zero-order chi connectivity index (χ0) is 20.6. The molecule has 0 aromatic heterocycles. The number of alkyl halides is 2. The SMILES string of the molecule is COC(=O)c1ccc(NCc2cccc3c2OC(F)(F)O3)c(NC(=O)C2CC2)c1. The molecule has 9 heteroatoms. The van der Waals surface area contributed by atoms with Crippen LogP contribution in [0.5, 0.6) is 11.5 Å². The summed E-state index contributed by atoms with van der Waals surface area (Å²) in [4.78, 5) is 24.0. The van der Waals surface area contributed by atoms with Crippen LogP contribution in [0.2, 0.25) is 0 Å². The molecule has 2 aliphatic rings. The summed E-state index contributed by atoms with van der Waals surface area (Å²) >= 11 is 0. The van der Waals surface area contributed by atoms with Gasteiger partial charge in [-0.25, -0.2) is 4.79 Å². The lowest BCUT2D eigenvalue weighted by Gasteiger charge is -2.15. The second kappa shape index (κ2) is 7.23. The number of carbonyl (C=O) groups is 2. The number of carbonyl (C=O) groups excluding carboxylic acids is 2. The van der Waals surface area contributed by atoms with Crippen LogP contribution in [0.25, 0.3) is 0 Å². The number of anilines is 2. The molecule has 152 valence electrons. The molecule has 2 N–H and O–H groups in total. The fraction of sp³-hybridized carbons (Fsp3) is 0.300. The lowest BCUT2D eigenvalue weighted by atomic mass is 10.1. The second-order valence-corrected chi connectivity index (χ2v) is 6.78. The van der Waals surface area contributed by atoms with E-state index in [9.17, 15) is 18.4 Å². The molecule has 1 saturated carbocycles. The first kappa shape index (κ1) is 19.0. The van der Waals surface area contributed by atoms with Crippen molar-refractivity contribution in [3.63, 3.8) is 0 Å². The van der Waals surface area contributed by atoms with E-state index in [-0.39, 0.29) is 35.4 Å². The number of benzene rings is 2. The minimum absolute atomic E-state index is 0.0326. The molecule has 4 rings (SSSR count). The molecule has 2 aromatic carbocycles. The van der Waals surface area contributed by atoms with Crippen LogP contribution in [-0.2, 0) is 16.1 Å². The number of halogens is 2. The molecule has 0 radical (unpaired) electrons. The van der Waals surface area contributed by atoms with Crippen LogP contribution in [0.1, 0.15) is 28.8 Å². The van der Waals surface area contributed by atoms with E-state index in [2.05, 4.69) is 20.1 Å². The predicted molar refractivity (Wildman–Crippen MR) is 99.1 cm³/mol. The molecule has 1 heterocycles. The first-order valence-electron chi connectivity index (χ1n) is 9.01. The topological polar surface area (TPSA) is 85.9 Å². The van der Waals surface area contributed by atoms with Gasteiger partial charge < -0.3 is 24.8 Å². The quantitative estimate of drug-likeness (QED) is 0.714. The highest BCUT2D eigenvalue weighted by Gasteiger charge is 2.44. The Kier molecular flexibility index (Phi) is 4.73. The monoisotopic (exact) mass is 404 g/mol. The van der Waals surface area contributed by atoms with E-state index in [1.165, 1.54) is 19.2 Å². The van der Waals surface area contributed by atoms with Crippen molar-refractivity contribution in [2.75, 3.05) is 17.7 Å². The van der Waals surface area contributed by atoms with Crippen LogP contribution >= 0.6 is 0 Å². The van der Waals surface area contributed by atoms with Crippen molar-refractivity contribution in [2.45, 2.75) is 25.7 Å². The summed E-state index contributed by atoms with van der Waals surface area (Å²) in [5.41, 5.74) is 1.66. The molecule has 1 amide bonds. The number of esters is 1. The number of fused-ring (bicyclic) bond motifs is 1. The standard InChI is InChI=1S/C20H18F2N2O5/c1-27-19(26)12-7-8-14(15(9-12)24-18(25)11-5-6-11)23-10-13-3-2-4-16-17(13)29-20(21,22)28-16/h2-4,7-9,11,23H,5-6,10H2,1H3,(H,24,25). The zero-order valence-electron chi connectivity index (χ0n) is 15.5. The highest BCUT2D eigenvalue weighted by Crippen LogP contribution is 2.43. The molecule has 0 saturated heterocycles. The van der Waals surface area contributed by atoms with Gasteiger partial charge in [-0.2, -0.15) is 0 Å². The normalized spacial score (nSPS) is 16.2. The van der Waals surface area contributed by atoms with Gasteiger partial charge in [0.2, 0.25) is 5.91 Å². The Labute approximate surface area is 164 Å². The molecule has 0 bridgehead atoms. The Hall–Kier alpha value is -3.36. The van der Waals surface area contributed by atoms with Gasteiger partial charge in [0.25, 0.3) is 0 Å². The van der Waals surface area contributed by atoms with Gasteiger partial charge in [0.15, 0.2) is 11.5 Å². The van der Waals surface area contributed by atoms with Crippen LogP contribution in [0.3, 0.4) is 0 Å². The van der Waals surface area contributed by atoms with Gasteiger partial charge >= 0.3 is 12.3 Å². The largest absolute Gasteiger partial charge is 0.586 e. The average molecular weight is 404 g/mol. The summed E-state index contributed by atoms with van der Waals surface area (Å²) in [6.45, 7) is 0.131. The lowest BCUT2D eigenvalue weighted by molar-refractivity contribution is -0.286. The van der Waals surface area contributed by atoms with Crippen molar-refractivity contribution in [3.8, 4) is 11.5 Å². The average Bonchev–Trinajstić information content (AvgIpc) is 3.48. The summed E-state index contributed by atoms with van der Waals surface area (Å²) in [5.74, 6) is -0.786. The molecule has 0 unspecified atom stereocenters. The summed E-state index contributed by atoms with van der Waals surface area (Å²) in [7, 11) is 1.27. The number of para-hydroxylation sites is 1. The van der Waals surface area contributed by atoms with E-state index >= 15 is 0 Å². The summed E-state index contributed by atoms with van der Waals surface area (Å²) in [5, 5.41) is 5.90. The highest BCUT2D eigenvalue weighted by atomic mass is 19.3. The van der Waals surface area contributed by atoms with Gasteiger partial charge in [-0.3, -0.25) is 4.79 Å².